The fraction of sp³-hybridized carbons (Fsp3) is 0. The first-order chi connectivity index (χ1) is 9.63. The van der Waals surface area contributed by atoms with Crippen LogP contribution in [0.2, 0.25) is 5.02 Å². The second-order valence-corrected chi connectivity index (χ2v) is 5.30. The second kappa shape index (κ2) is 5.22. The molecule has 0 aliphatic rings. The number of phenols is 1. The summed E-state index contributed by atoms with van der Waals surface area (Å²) in [6.07, 6.45) is 1.50. The van der Waals surface area contributed by atoms with Gasteiger partial charge in [-0.25, -0.2) is 0 Å². The van der Waals surface area contributed by atoms with Gasteiger partial charge in [0.05, 0.1) is 10.6 Å². The molecule has 0 bridgehead atoms. The molecule has 7 heteroatoms. The zero-order valence-corrected chi connectivity index (χ0v) is 12.3. The Morgan fingerprint density at radius 3 is 2.75 bits per heavy atom. The molecule has 3 rings (SSSR count). The lowest BCUT2D eigenvalue weighted by molar-refractivity contribution is 0.425. The van der Waals surface area contributed by atoms with Crippen molar-refractivity contribution in [1.82, 2.24) is 15.1 Å². The number of rotatable bonds is 2. The van der Waals surface area contributed by atoms with E-state index in [9.17, 15) is 5.11 Å². The van der Waals surface area contributed by atoms with Crippen LogP contribution in [0.5, 0.6) is 5.75 Å². The molecule has 0 atom stereocenters. The molecular formula is C13H7BrClN3O2. The van der Waals surface area contributed by atoms with Crippen LogP contribution in [0.15, 0.2) is 45.5 Å². The van der Waals surface area contributed by atoms with Gasteiger partial charge in [-0.15, -0.1) is 0 Å². The minimum Gasteiger partial charge on any atom is -0.507 e. The molecule has 0 saturated carbocycles. The maximum absolute atomic E-state index is 9.87. The lowest BCUT2D eigenvalue weighted by atomic mass is 10.2. The van der Waals surface area contributed by atoms with Crippen molar-refractivity contribution < 1.29 is 9.63 Å². The van der Waals surface area contributed by atoms with E-state index in [0.29, 0.717) is 22.1 Å². The van der Waals surface area contributed by atoms with Gasteiger partial charge in [-0.2, -0.15) is 4.98 Å². The van der Waals surface area contributed by atoms with Crippen LogP contribution in [0.4, 0.5) is 0 Å². The van der Waals surface area contributed by atoms with E-state index >= 15 is 0 Å². The molecule has 0 radical (unpaired) electrons. The summed E-state index contributed by atoms with van der Waals surface area (Å²) in [5, 5.41) is 14.2. The van der Waals surface area contributed by atoms with E-state index in [-0.39, 0.29) is 11.6 Å². The number of pyridine rings is 1. The molecule has 100 valence electrons. The van der Waals surface area contributed by atoms with Crippen LogP contribution < -0.4 is 0 Å². The highest BCUT2D eigenvalue weighted by Gasteiger charge is 2.14. The second-order valence-electron chi connectivity index (χ2n) is 3.95. The summed E-state index contributed by atoms with van der Waals surface area (Å²) in [7, 11) is 0. The van der Waals surface area contributed by atoms with Crippen LogP contribution in [-0.2, 0) is 0 Å². The van der Waals surface area contributed by atoms with E-state index in [4.69, 9.17) is 16.1 Å². The molecule has 0 unspecified atom stereocenters. The summed E-state index contributed by atoms with van der Waals surface area (Å²) in [6, 6.07) is 8.40. The van der Waals surface area contributed by atoms with Gasteiger partial charge in [-0.3, -0.25) is 4.98 Å². The highest BCUT2D eigenvalue weighted by atomic mass is 79.9. The molecule has 1 N–H and O–H groups in total. The van der Waals surface area contributed by atoms with E-state index in [1.54, 1.807) is 30.3 Å². The highest BCUT2D eigenvalue weighted by Crippen LogP contribution is 2.31. The van der Waals surface area contributed by atoms with Crippen LogP contribution in [-0.4, -0.2) is 20.2 Å². The summed E-state index contributed by atoms with van der Waals surface area (Å²) >= 11 is 9.04. The van der Waals surface area contributed by atoms with Crippen molar-refractivity contribution in [1.29, 1.82) is 0 Å². The lowest BCUT2D eigenvalue weighted by Gasteiger charge is -1.99. The largest absolute Gasteiger partial charge is 0.507 e. The van der Waals surface area contributed by atoms with Crippen molar-refractivity contribution in [3.8, 4) is 28.7 Å². The van der Waals surface area contributed by atoms with Crippen LogP contribution in [0.1, 0.15) is 0 Å². The first-order valence-electron chi connectivity index (χ1n) is 5.58. The number of aromatic hydroxyl groups is 1. The first kappa shape index (κ1) is 13.1. The summed E-state index contributed by atoms with van der Waals surface area (Å²) in [5.74, 6) is 0.611. The minimum atomic E-state index is 0.0543. The van der Waals surface area contributed by atoms with Gasteiger partial charge in [0, 0.05) is 10.7 Å². The molecule has 5 nitrogen and oxygen atoms in total. The van der Waals surface area contributed by atoms with Crippen LogP contribution in [0, 0.1) is 0 Å². The monoisotopic (exact) mass is 351 g/mol. The van der Waals surface area contributed by atoms with Gasteiger partial charge in [0.25, 0.3) is 5.89 Å². The number of hydrogen-bond acceptors (Lipinski definition) is 5. The Morgan fingerprint density at radius 2 is 2.05 bits per heavy atom. The van der Waals surface area contributed by atoms with E-state index in [0.717, 1.165) is 4.47 Å². The summed E-state index contributed by atoms with van der Waals surface area (Å²) < 4.78 is 5.91. The Balaban J connectivity index is 1.99. The summed E-state index contributed by atoms with van der Waals surface area (Å²) in [6.45, 7) is 0. The van der Waals surface area contributed by atoms with Gasteiger partial charge in [0.15, 0.2) is 0 Å². The van der Waals surface area contributed by atoms with Gasteiger partial charge >= 0.3 is 0 Å². The van der Waals surface area contributed by atoms with Crippen LogP contribution >= 0.6 is 27.5 Å². The third-order valence-electron chi connectivity index (χ3n) is 2.57. The normalized spacial score (nSPS) is 10.7. The van der Waals surface area contributed by atoms with Crippen molar-refractivity contribution in [2.75, 3.05) is 0 Å². The van der Waals surface area contributed by atoms with Gasteiger partial charge in [-0.1, -0.05) is 32.7 Å². The van der Waals surface area contributed by atoms with E-state index < -0.39 is 0 Å². The molecule has 0 saturated heterocycles. The maximum Gasteiger partial charge on any atom is 0.262 e. The zero-order valence-electron chi connectivity index (χ0n) is 9.92. The molecule has 0 aliphatic heterocycles. The quantitative estimate of drug-likeness (QED) is 0.757. The molecule has 2 heterocycles. The Labute approximate surface area is 127 Å². The molecule has 3 aromatic rings. The third-order valence-corrected chi connectivity index (χ3v) is 3.29. The van der Waals surface area contributed by atoms with Gasteiger partial charge in [0.1, 0.15) is 11.4 Å². The highest BCUT2D eigenvalue weighted by molar-refractivity contribution is 9.10. The predicted octanol–water partition coefficient (Wildman–Crippen LogP) is 3.92. The van der Waals surface area contributed by atoms with Crippen molar-refractivity contribution in [2.24, 2.45) is 0 Å². The number of aromatic nitrogens is 3. The number of halogens is 2. The third kappa shape index (κ3) is 2.52. The molecule has 0 fully saturated rings. The van der Waals surface area contributed by atoms with Crippen molar-refractivity contribution >= 4 is 27.5 Å². The number of hydrogen-bond donors (Lipinski definition) is 1. The smallest absolute Gasteiger partial charge is 0.262 e. The number of benzene rings is 1. The Bertz CT molecular complexity index is 759. The maximum atomic E-state index is 9.87. The molecule has 0 amide bonds. The average molecular weight is 353 g/mol. The molecule has 1 aromatic carbocycles. The topological polar surface area (TPSA) is 72.0 Å². The van der Waals surface area contributed by atoms with Crippen LogP contribution in [0.3, 0.4) is 0 Å². The number of nitrogens with zero attached hydrogens (tertiary/aromatic N) is 3. The Morgan fingerprint density at radius 1 is 1.20 bits per heavy atom. The SMILES string of the molecule is Oc1cc(Br)ccc1-c1nc(-c2ccc(Cl)cn2)no1. The summed E-state index contributed by atoms with van der Waals surface area (Å²) in [5.41, 5.74) is 1.00. The average Bonchev–Trinajstić information content (AvgIpc) is 2.89. The van der Waals surface area contributed by atoms with Gasteiger partial charge in [-0.05, 0) is 30.3 Å². The van der Waals surface area contributed by atoms with E-state index in [1.165, 1.54) is 6.20 Å². The molecule has 2 aromatic heterocycles. The van der Waals surface area contributed by atoms with Crippen molar-refractivity contribution in [3.63, 3.8) is 0 Å². The van der Waals surface area contributed by atoms with E-state index in [2.05, 4.69) is 31.1 Å². The first-order valence-corrected chi connectivity index (χ1v) is 6.75. The number of phenolic OH excluding ortho intramolecular Hbond substituents is 1. The summed E-state index contributed by atoms with van der Waals surface area (Å²) in [4.78, 5) is 8.32. The van der Waals surface area contributed by atoms with Crippen molar-refractivity contribution in [2.45, 2.75) is 0 Å². The zero-order chi connectivity index (χ0) is 14.1. The van der Waals surface area contributed by atoms with E-state index in [1.807, 2.05) is 0 Å². The molecule has 0 aliphatic carbocycles. The molecule has 0 spiro atoms. The molecular weight excluding hydrogens is 346 g/mol. The fourth-order valence-electron chi connectivity index (χ4n) is 1.63. The van der Waals surface area contributed by atoms with Gasteiger partial charge < -0.3 is 9.63 Å². The standard InChI is InChI=1S/C13H7BrClN3O2/c14-7-1-3-9(11(19)5-7)13-17-12(18-20-13)10-4-2-8(15)6-16-10/h1-6,19H. The minimum absolute atomic E-state index is 0.0543. The van der Waals surface area contributed by atoms with Crippen molar-refractivity contribution in [3.05, 3.63) is 46.0 Å². The van der Waals surface area contributed by atoms with Gasteiger partial charge in [0.2, 0.25) is 5.82 Å². The Hall–Kier alpha value is -1.92. The Kier molecular flexibility index (Phi) is 3.42. The fourth-order valence-corrected chi connectivity index (χ4v) is 2.09. The predicted molar refractivity (Wildman–Crippen MR) is 77.3 cm³/mol. The lowest BCUT2D eigenvalue weighted by Crippen LogP contribution is -1.85. The molecule has 20 heavy (non-hydrogen) atoms. The van der Waals surface area contributed by atoms with Crippen LogP contribution in [0.25, 0.3) is 23.0 Å².